The number of hydrogen-bond acceptors (Lipinski definition) is 19. The number of rotatable bonds is 16. The first kappa shape index (κ1) is 54.6. The fraction of sp³-hybridized carbons (Fsp3) is 0.167. The minimum atomic E-state index is -0.950. The van der Waals surface area contributed by atoms with Crippen LogP contribution in [0.25, 0.3) is 31.7 Å². The molecular formula is C54H52N10O8S3. The average Bonchev–Trinajstić information content (AvgIpc) is 4.23. The Hall–Kier alpha value is -8.15. The summed E-state index contributed by atoms with van der Waals surface area (Å²) < 4.78 is 0. The molecule has 0 fully saturated rings. The van der Waals surface area contributed by atoms with Gasteiger partial charge in [-0.15, -0.1) is 34.0 Å². The molecule has 3 atom stereocenters. The van der Waals surface area contributed by atoms with E-state index < -0.39 is 24.3 Å². The molecule has 0 aliphatic rings. The van der Waals surface area contributed by atoms with Gasteiger partial charge in [0.05, 0.1) is 66.9 Å². The van der Waals surface area contributed by atoms with Gasteiger partial charge in [0.15, 0.2) is 5.78 Å². The number of aliphatic hydroxyl groups is 3. The van der Waals surface area contributed by atoms with Gasteiger partial charge >= 0.3 is 5.97 Å². The number of nitrogens with one attached hydrogen (secondary N) is 3. The second-order valence-corrected chi connectivity index (χ2v) is 19.7. The molecule has 0 spiro atoms. The van der Waals surface area contributed by atoms with E-state index in [4.69, 9.17) is 9.94 Å². The van der Waals surface area contributed by atoms with Crippen LogP contribution in [0.15, 0.2) is 146 Å². The molecule has 1 amide bonds. The van der Waals surface area contributed by atoms with E-state index in [9.17, 15) is 29.7 Å². The first-order chi connectivity index (χ1) is 36.0. The lowest BCUT2D eigenvalue weighted by Crippen LogP contribution is -2.24. The highest BCUT2D eigenvalue weighted by Gasteiger charge is 2.17. The Bertz CT molecular complexity index is 3250. The third kappa shape index (κ3) is 15.2. The van der Waals surface area contributed by atoms with Crippen LogP contribution in [0.2, 0.25) is 0 Å². The van der Waals surface area contributed by atoms with Crippen molar-refractivity contribution < 1.29 is 39.6 Å². The third-order valence-corrected chi connectivity index (χ3v) is 14.1. The molecule has 75 heavy (non-hydrogen) atoms. The van der Waals surface area contributed by atoms with Crippen molar-refractivity contribution in [1.29, 1.82) is 0 Å². The molecule has 6 aromatic heterocycles. The molecule has 3 aromatic carbocycles. The minimum absolute atomic E-state index is 0.0496. The van der Waals surface area contributed by atoms with E-state index in [-0.39, 0.29) is 16.6 Å². The van der Waals surface area contributed by atoms with Gasteiger partial charge in [0, 0.05) is 42.7 Å². The number of aromatic carboxylic acids is 1. The number of aliphatic hydroxyl groups excluding tert-OH is 3. The monoisotopic (exact) mass is 1060 g/mol. The van der Waals surface area contributed by atoms with Gasteiger partial charge < -0.3 is 36.4 Å². The standard InChI is InChI=1S/C19H20N4O3S.C18H17N3O2S.C17H15N3O3S/c1-12(24)13-5-4-6-14(11-13)21-19-20-10-9-15(22-19)16-7-8-17(27-16)18(25)23(2)26-3;1-11(22)13-4-3-5-14(10-13)20-18-19-9-8-15(21-18)17-7-6-16(24-17)12(2)23;1-10(21)11-3-2-4-12(9-11)19-17-18-8-7-13(20-17)14-5-6-15(24-14)16(22)23/h4-12,24H,1-3H3,(H,20,21,22);3-11,22H,1-2H3,(H,19,20,21);2-10,21H,1H3,(H,22,23)(H,18,19,20). The summed E-state index contributed by atoms with van der Waals surface area (Å²) in [4.78, 5) is 69.7. The Morgan fingerprint density at radius 1 is 0.520 bits per heavy atom. The van der Waals surface area contributed by atoms with Crippen LogP contribution >= 0.6 is 34.0 Å². The maximum absolute atomic E-state index is 12.2. The maximum atomic E-state index is 12.2. The Morgan fingerprint density at radius 3 is 1.19 bits per heavy atom. The largest absolute Gasteiger partial charge is 0.477 e. The molecule has 0 saturated heterocycles. The molecule has 0 radical (unpaired) electrons. The smallest absolute Gasteiger partial charge is 0.345 e. The lowest BCUT2D eigenvalue weighted by atomic mass is 10.1. The topological polar surface area (TPSA) is 258 Å². The molecule has 18 nitrogen and oxygen atoms in total. The Kier molecular flexibility index (Phi) is 18.7. The van der Waals surface area contributed by atoms with E-state index in [2.05, 4.69) is 45.9 Å². The van der Waals surface area contributed by atoms with Gasteiger partial charge in [-0.05, 0) is 135 Å². The zero-order valence-electron chi connectivity index (χ0n) is 41.4. The number of hydroxylamine groups is 2. The Morgan fingerprint density at radius 2 is 0.867 bits per heavy atom. The number of nitrogens with zero attached hydrogens (tertiary/aromatic N) is 7. The van der Waals surface area contributed by atoms with Gasteiger partial charge in [-0.2, -0.15) is 0 Å². The highest BCUT2D eigenvalue weighted by Crippen LogP contribution is 2.31. The van der Waals surface area contributed by atoms with E-state index in [0.29, 0.717) is 39.0 Å². The van der Waals surface area contributed by atoms with Crippen LogP contribution in [0.3, 0.4) is 0 Å². The van der Waals surface area contributed by atoms with Crippen molar-refractivity contribution in [3.8, 4) is 31.7 Å². The minimum Gasteiger partial charge on any atom is -0.477 e. The van der Waals surface area contributed by atoms with Gasteiger partial charge in [-0.25, -0.2) is 39.8 Å². The number of amides is 1. The molecule has 0 bridgehead atoms. The van der Waals surface area contributed by atoms with E-state index in [1.54, 1.807) is 83.7 Å². The first-order valence-electron chi connectivity index (χ1n) is 23.0. The number of anilines is 6. The Labute approximate surface area is 444 Å². The summed E-state index contributed by atoms with van der Waals surface area (Å²) in [6, 6.07) is 38.2. The summed E-state index contributed by atoms with van der Waals surface area (Å²) in [6.07, 6.45) is 3.31. The average molecular weight is 1070 g/mol. The van der Waals surface area contributed by atoms with Crippen molar-refractivity contribution in [2.45, 2.75) is 46.0 Å². The SMILES string of the molecule is CC(=O)c1ccc(-c2ccnc(Nc3cccc(C(C)O)c3)n2)s1.CC(O)c1cccc(Nc2nccc(-c3ccc(C(=O)O)s3)n2)c1.CON(C)C(=O)c1ccc(-c2ccnc(Nc3cccc(C(C)O)c3)n2)s1. The zero-order valence-corrected chi connectivity index (χ0v) is 43.8. The highest BCUT2D eigenvalue weighted by molar-refractivity contribution is 7.18. The van der Waals surface area contributed by atoms with Crippen LogP contribution < -0.4 is 16.0 Å². The molecule has 7 N–H and O–H groups in total. The number of benzene rings is 3. The van der Waals surface area contributed by atoms with E-state index in [1.165, 1.54) is 34.8 Å². The van der Waals surface area contributed by atoms with Crippen LogP contribution in [0.1, 0.15) is 91.7 Å². The predicted molar refractivity (Wildman–Crippen MR) is 293 cm³/mol. The number of carboxylic acid groups (broad SMARTS) is 1. The van der Waals surface area contributed by atoms with Gasteiger partial charge in [0.1, 0.15) is 4.88 Å². The van der Waals surface area contributed by atoms with Crippen molar-refractivity contribution in [3.05, 3.63) is 177 Å². The quantitative estimate of drug-likeness (QED) is 0.0350. The number of carbonyl (C=O) groups excluding carboxylic acids is 2. The Balaban J connectivity index is 0.000000164. The summed E-state index contributed by atoms with van der Waals surface area (Å²) >= 11 is 3.92. The molecule has 6 heterocycles. The van der Waals surface area contributed by atoms with Crippen molar-refractivity contribution in [3.63, 3.8) is 0 Å². The second kappa shape index (κ2) is 25.7. The van der Waals surface area contributed by atoms with E-state index in [1.807, 2.05) is 97.1 Å². The van der Waals surface area contributed by atoms with Crippen LogP contribution in [-0.2, 0) is 4.84 Å². The van der Waals surface area contributed by atoms with Crippen molar-refractivity contribution >= 4 is 86.6 Å². The summed E-state index contributed by atoms with van der Waals surface area (Å²) in [7, 11) is 3.01. The highest BCUT2D eigenvalue weighted by atomic mass is 32.1. The molecule has 384 valence electrons. The summed E-state index contributed by atoms with van der Waals surface area (Å²) in [5.74, 6) is 0.192. The van der Waals surface area contributed by atoms with E-state index >= 15 is 0 Å². The number of ketones is 1. The van der Waals surface area contributed by atoms with Crippen molar-refractivity contribution in [2.24, 2.45) is 0 Å². The summed E-state index contributed by atoms with van der Waals surface area (Å²) in [5, 5.41) is 48.6. The number of carbonyl (C=O) groups is 3. The van der Waals surface area contributed by atoms with Crippen LogP contribution in [0, 0.1) is 0 Å². The van der Waals surface area contributed by atoms with Crippen molar-refractivity contribution in [2.75, 3.05) is 30.1 Å². The maximum Gasteiger partial charge on any atom is 0.345 e. The van der Waals surface area contributed by atoms with E-state index in [0.717, 1.165) is 65.4 Å². The van der Waals surface area contributed by atoms with Crippen LogP contribution in [0.4, 0.5) is 34.9 Å². The first-order valence-corrected chi connectivity index (χ1v) is 25.5. The number of aromatic nitrogens is 6. The molecule has 9 rings (SSSR count). The number of thiophene rings is 3. The van der Waals surface area contributed by atoms with Gasteiger partial charge in [-0.3, -0.25) is 14.4 Å². The molecule has 0 saturated carbocycles. The third-order valence-electron chi connectivity index (χ3n) is 10.7. The number of Topliss-reactive ketones (excluding diaryl/α,β-unsaturated/α-hetero) is 1. The molecular weight excluding hydrogens is 1010 g/mol. The fourth-order valence-electron chi connectivity index (χ4n) is 6.77. The van der Waals surface area contributed by atoms with Gasteiger partial charge in [0.2, 0.25) is 17.8 Å². The molecule has 9 aromatic rings. The molecule has 21 heteroatoms. The number of hydrogen-bond donors (Lipinski definition) is 7. The van der Waals surface area contributed by atoms with Crippen molar-refractivity contribution in [1.82, 2.24) is 35.0 Å². The second-order valence-electron chi connectivity index (χ2n) is 16.4. The van der Waals surface area contributed by atoms with Gasteiger partial charge in [-0.1, -0.05) is 36.4 Å². The van der Waals surface area contributed by atoms with Gasteiger partial charge in [0.25, 0.3) is 5.91 Å². The number of carboxylic acids is 1. The van der Waals surface area contributed by atoms with Crippen LogP contribution in [0.5, 0.6) is 0 Å². The molecule has 3 unspecified atom stereocenters. The zero-order chi connectivity index (χ0) is 53.6. The lowest BCUT2D eigenvalue weighted by Gasteiger charge is -2.11. The predicted octanol–water partition coefficient (Wildman–Crippen LogP) is 11.5. The van der Waals surface area contributed by atoms with Crippen LogP contribution in [-0.4, -0.2) is 87.2 Å². The normalized spacial score (nSPS) is 11.9. The lowest BCUT2D eigenvalue weighted by molar-refractivity contribution is -0.0753. The summed E-state index contributed by atoms with van der Waals surface area (Å²) in [5.41, 5.74) is 6.90. The molecule has 0 aliphatic carbocycles. The summed E-state index contributed by atoms with van der Waals surface area (Å²) in [6.45, 7) is 6.69. The molecule has 0 aliphatic heterocycles. The fourth-order valence-corrected chi connectivity index (χ4v) is 9.40.